The number of para-hydroxylation sites is 1. The highest BCUT2D eigenvalue weighted by Crippen LogP contribution is 2.21. The standard InChI is InChI=1S/C34H20N2O2/c1-37-33-10-6-5-8-29(33)17-13-26-14-18-30(34(22-26)38-2)20-19-28-16-12-25(21-32(28)24-36)11-15-27-7-3-4-9-31(27)23-35/h3-10,12,14,16,18,21-22H,1-2H3. The fourth-order valence-corrected chi connectivity index (χ4v) is 3.55. The van der Waals surface area contributed by atoms with Crippen LogP contribution in [0.5, 0.6) is 11.5 Å². The van der Waals surface area contributed by atoms with Gasteiger partial charge in [-0.3, -0.25) is 0 Å². The van der Waals surface area contributed by atoms with Crippen LogP contribution in [0.3, 0.4) is 0 Å². The molecule has 0 N–H and O–H groups in total. The van der Waals surface area contributed by atoms with Gasteiger partial charge in [-0.1, -0.05) is 59.8 Å². The molecule has 4 aromatic rings. The summed E-state index contributed by atoms with van der Waals surface area (Å²) in [5, 5.41) is 18.9. The van der Waals surface area contributed by atoms with Crippen molar-refractivity contribution in [2.45, 2.75) is 0 Å². The molecule has 0 saturated heterocycles. The van der Waals surface area contributed by atoms with Gasteiger partial charge in [-0.25, -0.2) is 0 Å². The number of hydrogen-bond acceptors (Lipinski definition) is 4. The van der Waals surface area contributed by atoms with E-state index in [4.69, 9.17) is 9.47 Å². The SMILES string of the molecule is COc1ccccc1C#Cc1ccc(C#Cc2ccc(C#Cc3ccccc3C#N)cc2C#N)c(OC)c1. The highest BCUT2D eigenvalue weighted by atomic mass is 16.5. The Bertz CT molecular complexity index is 1790. The predicted octanol–water partition coefficient (Wildman–Crippen LogP) is 5.65. The van der Waals surface area contributed by atoms with Crippen molar-refractivity contribution < 1.29 is 9.47 Å². The molecule has 0 aliphatic carbocycles. The second-order valence-corrected chi connectivity index (χ2v) is 7.89. The summed E-state index contributed by atoms with van der Waals surface area (Å²) >= 11 is 0. The van der Waals surface area contributed by atoms with Crippen LogP contribution >= 0.6 is 0 Å². The van der Waals surface area contributed by atoms with Crippen molar-refractivity contribution in [2.75, 3.05) is 14.2 Å². The van der Waals surface area contributed by atoms with E-state index < -0.39 is 0 Å². The third-order valence-electron chi connectivity index (χ3n) is 5.51. The summed E-state index contributed by atoms with van der Waals surface area (Å²) in [4.78, 5) is 0. The Morgan fingerprint density at radius 2 is 0.921 bits per heavy atom. The van der Waals surface area contributed by atoms with Crippen LogP contribution < -0.4 is 9.47 Å². The van der Waals surface area contributed by atoms with Crippen LogP contribution in [0.2, 0.25) is 0 Å². The average molecular weight is 489 g/mol. The van der Waals surface area contributed by atoms with Gasteiger partial charge in [-0.05, 0) is 60.7 Å². The van der Waals surface area contributed by atoms with Gasteiger partial charge in [0.2, 0.25) is 0 Å². The van der Waals surface area contributed by atoms with Crippen LogP contribution in [0.4, 0.5) is 0 Å². The summed E-state index contributed by atoms with van der Waals surface area (Å²) in [5.74, 6) is 19.8. The Morgan fingerprint density at radius 1 is 0.447 bits per heavy atom. The van der Waals surface area contributed by atoms with Crippen molar-refractivity contribution in [1.82, 2.24) is 0 Å². The van der Waals surface area contributed by atoms with Gasteiger partial charge in [-0.2, -0.15) is 10.5 Å². The zero-order valence-corrected chi connectivity index (χ0v) is 20.8. The first-order valence-corrected chi connectivity index (χ1v) is 11.6. The van der Waals surface area contributed by atoms with Gasteiger partial charge < -0.3 is 9.47 Å². The van der Waals surface area contributed by atoms with E-state index in [-0.39, 0.29) is 0 Å². The molecular formula is C34H20N2O2. The fraction of sp³-hybridized carbons (Fsp3) is 0.0588. The molecule has 0 aliphatic heterocycles. The highest BCUT2D eigenvalue weighted by molar-refractivity contribution is 5.59. The Kier molecular flexibility index (Phi) is 8.11. The summed E-state index contributed by atoms with van der Waals surface area (Å²) in [6.07, 6.45) is 0. The van der Waals surface area contributed by atoms with Crippen LogP contribution in [0.15, 0.2) is 84.9 Å². The topological polar surface area (TPSA) is 66.0 Å². The number of nitriles is 2. The summed E-state index contributed by atoms with van der Waals surface area (Å²) < 4.78 is 10.9. The summed E-state index contributed by atoms with van der Waals surface area (Å²) in [5.41, 5.74) is 5.05. The van der Waals surface area contributed by atoms with Crippen molar-refractivity contribution in [1.29, 1.82) is 10.5 Å². The molecule has 0 bridgehead atoms. The average Bonchev–Trinajstić information content (AvgIpc) is 2.98. The molecule has 4 heteroatoms. The maximum Gasteiger partial charge on any atom is 0.135 e. The fourth-order valence-electron chi connectivity index (χ4n) is 3.55. The van der Waals surface area contributed by atoms with Crippen molar-refractivity contribution in [3.05, 3.63) is 129 Å². The van der Waals surface area contributed by atoms with E-state index in [1.54, 1.807) is 50.6 Å². The number of hydrogen-bond donors (Lipinski definition) is 0. The molecule has 0 spiro atoms. The molecule has 0 atom stereocenters. The van der Waals surface area contributed by atoms with E-state index in [0.717, 1.165) is 11.1 Å². The zero-order valence-electron chi connectivity index (χ0n) is 20.8. The summed E-state index contributed by atoms with van der Waals surface area (Å²) in [6, 6.07) is 29.8. The maximum atomic E-state index is 9.68. The van der Waals surface area contributed by atoms with Crippen molar-refractivity contribution >= 4 is 0 Å². The number of nitrogens with zero attached hydrogens (tertiary/aromatic N) is 2. The lowest BCUT2D eigenvalue weighted by Gasteiger charge is -2.04. The normalized spacial score (nSPS) is 9.16. The molecule has 0 amide bonds. The van der Waals surface area contributed by atoms with E-state index in [0.29, 0.717) is 44.9 Å². The van der Waals surface area contributed by atoms with Crippen LogP contribution in [0, 0.1) is 58.2 Å². The molecule has 0 aromatic heterocycles. The number of benzene rings is 4. The van der Waals surface area contributed by atoms with Crippen LogP contribution in [0.1, 0.15) is 44.5 Å². The minimum atomic E-state index is 0.413. The van der Waals surface area contributed by atoms with Crippen molar-refractivity contribution in [2.24, 2.45) is 0 Å². The molecule has 0 radical (unpaired) electrons. The van der Waals surface area contributed by atoms with Crippen LogP contribution in [-0.2, 0) is 0 Å². The lowest BCUT2D eigenvalue weighted by molar-refractivity contribution is 0.413. The number of rotatable bonds is 2. The second kappa shape index (κ2) is 12.2. The quantitative estimate of drug-likeness (QED) is 0.342. The molecule has 0 unspecified atom stereocenters. The van der Waals surface area contributed by atoms with Crippen molar-refractivity contribution in [3.63, 3.8) is 0 Å². The van der Waals surface area contributed by atoms with E-state index >= 15 is 0 Å². The smallest absolute Gasteiger partial charge is 0.135 e. The van der Waals surface area contributed by atoms with Gasteiger partial charge in [0.1, 0.15) is 23.6 Å². The van der Waals surface area contributed by atoms with E-state index in [9.17, 15) is 10.5 Å². The van der Waals surface area contributed by atoms with Crippen LogP contribution in [-0.4, -0.2) is 14.2 Å². The van der Waals surface area contributed by atoms with E-state index in [1.165, 1.54) is 0 Å². The Balaban J connectivity index is 1.59. The lowest BCUT2D eigenvalue weighted by atomic mass is 10.0. The monoisotopic (exact) mass is 488 g/mol. The summed E-state index contributed by atoms with van der Waals surface area (Å²) in [7, 11) is 3.20. The first-order chi connectivity index (χ1) is 18.6. The molecule has 178 valence electrons. The molecule has 4 aromatic carbocycles. The highest BCUT2D eigenvalue weighted by Gasteiger charge is 2.04. The van der Waals surface area contributed by atoms with Gasteiger partial charge in [0, 0.05) is 22.3 Å². The molecule has 0 heterocycles. The first-order valence-electron chi connectivity index (χ1n) is 11.6. The van der Waals surface area contributed by atoms with Crippen molar-refractivity contribution in [3.8, 4) is 59.2 Å². The molecule has 0 aliphatic rings. The maximum absolute atomic E-state index is 9.68. The Labute approximate surface area is 222 Å². The number of methoxy groups -OCH3 is 2. The van der Waals surface area contributed by atoms with E-state index in [1.807, 2.05) is 48.5 Å². The molecule has 38 heavy (non-hydrogen) atoms. The van der Waals surface area contributed by atoms with E-state index in [2.05, 4.69) is 47.7 Å². The Morgan fingerprint density at radius 3 is 1.61 bits per heavy atom. The van der Waals surface area contributed by atoms with Gasteiger partial charge in [0.15, 0.2) is 0 Å². The number of ether oxygens (including phenoxy) is 2. The second-order valence-electron chi connectivity index (χ2n) is 7.89. The molecular weight excluding hydrogens is 468 g/mol. The Hall–Kier alpha value is -5.86. The minimum absolute atomic E-state index is 0.413. The molecule has 0 saturated carbocycles. The molecule has 4 rings (SSSR count). The zero-order chi connectivity index (χ0) is 26.7. The van der Waals surface area contributed by atoms with Gasteiger partial charge in [0.25, 0.3) is 0 Å². The minimum Gasteiger partial charge on any atom is -0.495 e. The largest absolute Gasteiger partial charge is 0.495 e. The third kappa shape index (κ3) is 6.03. The molecule has 4 nitrogen and oxygen atoms in total. The van der Waals surface area contributed by atoms with Crippen LogP contribution in [0.25, 0.3) is 0 Å². The van der Waals surface area contributed by atoms with Gasteiger partial charge >= 0.3 is 0 Å². The predicted molar refractivity (Wildman–Crippen MR) is 146 cm³/mol. The van der Waals surface area contributed by atoms with Gasteiger partial charge in [-0.15, -0.1) is 0 Å². The lowest BCUT2D eigenvalue weighted by Crippen LogP contribution is -1.91. The third-order valence-corrected chi connectivity index (χ3v) is 5.51. The van der Waals surface area contributed by atoms with Gasteiger partial charge in [0.05, 0.1) is 36.5 Å². The first kappa shape index (κ1) is 25.2. The molecule has 0 fully saturated rings. The summed E-state index contributed by atoms with van der Waals surface area (Å²) in [6.45, 7) is 0.